The van der Waals surface area contributed by atoms with Crippen LogP contribution in [-0.2, 0) is 22.5 Å². The molecular weight excluding hydrogens is 586 g/mol. The van der Waals surface area contributed by atoms with E-state index < -0.39 is 6.09 Å². The highest BCUT2D eigenvalue weighted by molar-refractivity contribution is 6.02. The average molecular weight is 634 g/mol. The Balaban J connectivity index is 1.85. The number of nitrogens with zero attached hydrogens (tertiary/aromatic N) is 2. The topological polar surface area (TPSA) is 135 Å². The molecule has 11 heteroatoms. The molecule has 46 heavy (non-hydrogen) atoms. The summed E-state index contributed by atoms with van der Waals surface area (Å²) < 4.78 is 17.2. The minimum atomic E-state index is -0.585. The van der Waals surface area contributed by atoms with Crippen molar-refractivity contribution in [2.45, 2.75) is 79.4 Å². The maximum atomic E-state index is 13.3. The van der Waals surface area contributed by atoms with Crippen LogP contribution in [0.25, 0.3) is 22.5 Å². The molecule has 11 nitrogen and oxygen atoms in total. The van der Waals surface area contributed by atoms with Gasteiger partial charge in [-0.2, -0.15) is 0 Å². The van der Waals surface area contributed by atoms with Crippen LogP contribution in [0.3, 0.4) is 0 Å². The minimum absolute atomic E-state index is 0.0107. The van der Waals surface area contributed by atoms with Gasteiger partial charge in [0.15, 0.2) is 11.5 Å². The van der Waals surface area contributed by atoms with E-state index in [0.29, 0.717) is 34.7 Å². The molecule has 3 amide bonds. The molecule has 0 saturated carbocycles. The zero-order valence-electron chi connectivity index (χ0n) is 28.0. The Morgan fingerprint density at radius 3 is 2.24 bits per heavy atom. The van der Waals surface area contributed by atoms with Crippen molar-refractivity contribution >= 4 is 17.9 Å². The summed E-state index contributed by atoms with van der Waals surface area (Å²) >= 11 is 0. The average Bonchev–Trinajstić information content (AvgIpc) is 3.42. The van der Waals surface area contributed by atoms with Gasteiger partial charge in [-0.05, 0) is 74.9 Å². The first kappa shape index (κ1) is 34.6. The van der Waals surface area contributed by atoms with Gasteiger partial charge in [0.25, 0.3) is 5.91 Å². The third kappa shape index (κ3) is 8.95. The molecule has 2 heterocycles. The smallest absolute Gasteiger partial charge is 0.410 e. The van der Waals surface area contributed by atoms with Gasteiger partial charge in [0.05, 0.1) is 25.2 Å². The quantitative estimate of drug-likeness (QED) is 0.245. The van der Waals surface area contributed by atoms with Gasteiger partial charge in [-0.15, -0.1) is 0 Å². The van der Waals surface area contributed by atoms with E-state index in [9.17, 15) is 14.4 Å². The number of benzene rings is 2. The zero-order valence-corrected chi connectivity index (χ0v) is 28.0. The fourth-order valence-corrected chi connectivity index (χ4v) is 5.38. The third-order valence-electron chi connectivity index (χ3n) is 7.51. The Morgan fingerprint density at radius 2 is 1.63 bits per heavy atom. The van der Waals surface area contributed by atoms with Crippen molar-refractivity contribution in [3.05, 3.63) is 58.8 Å². The summed E-state index contributed by atoms with van der Waals surface area (Å²) in [4.78, 5) is 41.4. The van der Waals surface area contributed by atoms with Crippen molar-refractivity contribution < 1.29 is 28.4 Å². The maximum Gasteiger partial charge on any atom is 0.412 e. The molecule has 1 fully saturated rings. The van der Waals surface area contributed by atoms with E-state index in [0.717, 1.165) is 49.5 Å². The number of ether oxygens (including phenoxy) is 2. The van der Waals surface area contributed by atoms with Crippen LogP contribution >= 0.6 is 0 Å². The highest BCUT2D eigenvalue weighted by atomic mass is 16.6. The summed E-state index contributed by atoms with van der Waals surface area (Å²) in [5.74, 6) is 0.0891. The third-order valence-corrected chi connectivity index (χ3v) is 7.51. The molecule has 3 N–H and O–H groups in total. The van der Waals surface area contributed by atoms with Crippen LogP contribution in [0.15, 0.2) is 40.9 Å². The fourth-order valence-electron chi connectivity index (χ4n) is 5.38. The van der Waals surface area contributed by atoms with E-state index in [1.54, 1.807) is 6.07 Å². The van der Waals surface area contributed by atoms with Crippen molar-refractivity contribution in [3.8, 4) is 28.2 Å². The van der Waals surface area contributed by atoms with Crippen molar-refractivity contribution in [1.29, 1.82) is 0 Å². The van der Waals surface area contributed by atoms with Gasteiger partial charge in [-0.25, -0.2) is 4.79 Å². The van der Waals surface area contributed by atoms with Crippen LogP contribution in [0.2, 0.25) is 0 Å². The minimum Gasteiger partial charge on any atom is -0.410 e. The van der Waals surface area contributed by atoms with E-state index in [1.807, 2.05) is 78.8 Å². The van der Waals surface area contributed by atoms with Crippen LogP contribution < -0.4 is 20.7 Å². The first-order chi connectivity index (χ1) is 22.0. The molecule has 1 aliphatic rings. The van der Waals surface area contributed by atoms with Crippen LogP contribution in [0.1, 0.15) is 81.6 Å². The molecule has 1 aromatic heterocycles. The highest BCUT2D eigenvalue weighted by Crippen LogP contribution is 2.41. The molecule has 3 aromatic rings. The largest absolute Gasteiger partial charge is 0.412 e. The number of morpholine rings is 1. The lowest BCUT2D eigenvalue weighted by molar-refractivity contribution is -0.120. The Hall–Kier alpha value is -4.22. The molecule has 4 rings (SSSR count). The number of rotatable bonds is 12. The van der Waals surface area contributed by atoms with Gasteiger partial charge < -0.3 is 29.9 Å². The number of hydrogen-bond donors (Lipinski definition) is 3. The number of amides is 3. The molecule has 0 atom stereocenters. The van der Waals surface area contributed by atoms with E-state index >= 15 is 0 Å². The molecule has 0 aliphatic carbocycles. The molecule has 248 valence electrons. The van der Waals surface area contributed by atoms with Gasteiger partial charge in [0, 0.05) is 43.8 Å². The number of hydrogen-bond acceptors (Lipinski definition) is 8. The predicted octanol–water partition coefficient (Wildman–Crippen LogP) is 5.28. The second-order valence-electron chi connectivity index (χ2n) is 12.5. The standard InChI is InChI=1S/C35H47N5O6/c1-8-36-34(42)32-31(25-11-9-24(10-12-25)20-40-13-15-44-16-14-40)33(46-39-32)28-19-27(21(2)3)29(45-35(43)38-23(6)7)17-26(28)18-30(41)37-22(4)5/h9-12,17,19,21-23H,8,13-16,18,20H2,1-7H3,(H,36,42)(H,37,41)(H,38,43). The summed E-state index contributed by atoms with van der Waals surface area (Å²) in [5.41, 5.74) is 4.47. The molecular formula is C35H47N5O6. The summed E-state index contributed by atoms with van der Waals surface area (Å²) in [7, 11) is 0. The molecule has 0 spiro atoms. The number of carbonyl (C=O) groups is 3. The molecule has 0 unspecified atom stereocenters. The van der Waals surface area contributed by atoms with Gasteiger partial charge in [0.1, 0.15) is 5.75 Å². The van der Waals surface area contributed by atoms with Crippen LogP contribution in [0, 0.1) is 0 Å². The lowest BCUT2D eigenvalue weighted by Gasteiger charge is -2.26. The van der Waals surface area contributed by atoms with Crippen LogP contribution in [0.5, 0.6) is 5.75 Å². The fraction of sp³-hybridized carbons (Fsp3) is 0.486. The van der Waals surface area contributed by atoms with Crippen molar-refractivity contribution in [1.82, 2.24) is 26.0 Å². The van der Waals surface area contributed by atoms with E-state index in [1.165, 1.54) is 0 Å². The normalized spacial score (nSPS) is 13.7. The first-order valence-electron chi connectivity index (χ1n) is 16.1. The molecule has 2 aromatic carbocycles. The monoisotopic (exact) mass is 633 g/mol. The van der Waals surface area contributed by atoms with Gasteiger partial charge in [-0.1, -0.05) is 43.3 Å². The number of aromatic nitrogens is 1. The van der Waals surface area contributed by atoms with Crippen molar-refractivity contribution in [2.75, 3.05) is 32.8 Å². The molecule has 0 bridgehead atoms. The second-order valence-corrected chi connectivity index (χ2v) is 12.5. The van der Waals surface area contributed by atoms with Gasteiger partial charge in [-0.3, -0.25) is 14.5 Å². The highest BCUT2D eigenvalue weighted by Gasteiger charge is 2.28. The van der Waals surface area contributed by atoms with Crippen LogP contribution in [0.4, 0.5) is 4.79 Å². The Bertz CT molecular complexity index is 1510. The summed E-state index contributed by atoms with van der Waals surface area (Å²) in [6.07, 6.45) is -0.596. The number of carbonyl (C=O) groups excluding carboxylic acids is 3. The van der Waals surface area contributed by atoms with Crippen molar-refractivity contribution in [2.24, 2.45) is 0 Å². The van der Waals surface area contributed by atoms with E-state index in [-0.39, 0.29) is 41.9 Å². The molecule has 0 radical (unpaired) electrons. The lowest BCUT2D eigenvalue weighted by atomic mass is 9.90. The summed E-state index contributed by atoms with van der Waals surface area (Å²) in [6, 6.07) is 11.4. The number of nitrogens with one attached hydrogen (secondary N) is 3. The summed E-state index contributed by atoms with van der Waals surface area (Å²) in [5, 5.41) is 12.8. The predicted molar refractivity (Wildman–Crippen MR) is 177 cm³/mol. The van der Waals surface area contributed by atoms with Gasteiger partial charge in [0.2, 0.25) is 5.91 Å². The first-order valence-corrected chi connectivity index (χ1v) is 16.1. The van der Waals surface area contributed by atoms with E-state index in [2.05, 4.69) is 26.0 Å². The van der Waals surface area contributed by atoms with Gasteiger partial charge >= 0.3 is 6.09 Å². The lowest BCUT2D eigenvalue weighted by Crippen LogP contribution is -2.35. The maximum absolute atomic E-state index is 13.3. The van der Waals surface area contributed by atoms with Crippen molar-refractivity contribution in [3.63, 3.8) is 0 Å². The molecule has 1 aliphatic heterocycles. The Morgan fingerprint density at radius 1 is 0.957 bits per heavy atom. The van der Waals surface area contributed by atoms with Crippen LogP contribution in [-0.4, -0.2) is 72.9 Å². The van der Waals surface area contributed by atoms with E-state index in [4.69, 9.17) is 14.0 Å². The zero-order chi connectivity index (χ0) is 33.4. The Kier molecular flexibility index (Phi) is 11.9. The summed E-state index contributed by atoms with van der Waals surface area (Å²) in [6.45, 7) is 17.7. The Labute approximate surface area is 271 Å². The molecule has 1 saturated heterocycles. The second kappa shape index (κ2) is 15.9. The SMILES string of the molecule is CCNC(=O)c1noc(-c2cc(C(C)C)c(OC(=O)NC(C)C)cc2CC(=O)NC(C)C)c1-c1ccc(CN2CCOCC2)cc1.